The zero-order chi connectivity index (χ0) is 18.3. The van der Waals surface area contributed by atoms with E-state index in [-0.39, 0.29) is 29.0 Å². The molecule has 2 N–H and O–H groups in total. The lowest BCUT2D eigenvalue weighted by Crippen LogP contribution is -2.32. The third-order valence-corrected chi connectivity index (χ3v) is 6.29. The number of phenolic OH excluding ortho intramolecular Hbond substituents is 2. The number of carbonyl (C=O) groups excluding carboxylic acids is 1. The molecule has 1 unspecified atom stereocenters. The van der Waals surface area contributed by atoms with Gasteiger partial charge in [0, 0.05) is 25.4 Å². The van der Waals surface area contributed by atoms with E-state index in [0.29, 0.717) is 6.54 Å². The van der Waals surface area contributed by atoms with Gasteiger partial charge in [0.05, 0.1) is 11.6 Å². The van der Waals surface area contributed by atoms with Gasteiger partial charge in [-0.3, -0.25) is 4.79 Å². The summed E-state index contributed by atoms with van der Waals surface area (Å²) >= 11 is 1.73. The van der Waals surface area contributed by atoms with Gasteiger partial charge in [-0.25, -0.2) is 0 Å². The Morgan fingerprint density at radius 3 is 2.81 bits per heavy atom. The highest BCUT2D eigenvalue weighted by molar-refractivity contribution is 7.99. The van der Waals surface area contributed by atoms with Crippen molar-refractivity contribution in [2.45, 2.75) is 36.9 Å². The van der Waals surface area contributed by atoms with Crippen LogP contribution in [0.4, 0.5) is 0 Å². The monoisotopic (exact) mass is 374 g/mol. The minimum Gasteiger partial charge on any atom is -0.508 e. The summed E-state index contributed by atoms with van der Waals surface area (Å²) < 4.78 is 1.99. The SMILES string of the molecule is Cn1c(SCC2CC2)nnc1C1CCCN1C(=O)c1ccc(O)cc1O. The van der Waals surface area contributed by atoms with Crippen molar-refractivity contribution in [3.63, 3.8) is 0 Å². The van der Waals surface area contributed by atoms with Gasteiger partial charge in [0.25, 0.3) is 5.91 Å². The van der Waals surface area contributed by atoms with E-state index in [1.165, 1.54) is 31.0 Å². The van der Waals surface area contributed by atoms with Crippen LogP contribution < -0.4 is 0 Å². The molecule has 0 bridgehead atoms. The molecule has 26 heavy (non-hydrogen) atoms. The first kappa shape index (κ1) is 17.2. The van der Waals surface area contributed by atoms with E-state index in [0.717, 1.165) is 35.5 Å². The van der Waals surface area contributed by atoms with Gasteiger partial charge in [-0.1, -0.05) is 11.8 Å². The Kier molecular flexibility index (Phi) is 4.52. The Bertz CT molecular complexity index is 834. The van der Waals surface area contributed by atoms with Crippen molar-refractivity contribution in [1.29, 1.82) is 0 Å². The molecule has 4 rings (SSSR count). The first-order valence-electron chi connectivity index (χ1n) is 8.89. The Balaban J connectivity index is 1.55. The molecule has 7 nitrogen and oxygen atoms in total. The van der Waals surface area contributed by atoms with E-state index in [4.69, 9.17) is 0 Å². The molecule has 0 radical (unpaired) electrons. The van der Waals surface area contributed by atoms with Gasteiger partial charge in [-0.15, -0.1) is 10.2 Å². The van der Waals surface area contributed by atoms with Crippen LogP contribution in [0.15, 0.2) is 23.4 Å². The van der Waals surface area contributed by atoms with Crippen molar-refractivity contribution in [1.82, 2.24) is 19.7 Å². The maximum absolute atomic E-state index is 12.9. The number of nitrogens with zero attached hydrogens (tertiary/aromatic N) is 4. The molecule has 1 aromatic carbocycles. The van der Waals surface area contributed by atoms with Crippen LogP contribution in [0.2, 0.25) is 0 Å². The van der Waals surface area contributed by atoms with E-state index in [1.54, 1.807) is 16.7 Å². The highest BCUT2D eigenvalue weighted by Gasteiger charge is 2.35. The summed E-state index contributed by atoms with van der Waals surface area (Å²) in [5.41, 5.74) is 0.195. The van der Waals surface area contributed by atoms with Crippen LogP contribution in [0, 0.1) is 5.92 Å². The van der Waals surface area contributed by atoms with Gasteiger partial charge in [-0.2, -0.15) is 0 Å². The van der Waals surface area contributed by atoms with Gasteiger partial charge in [0.1, 0.15) is 11.5 Å². The standard InChI is InChI=1S/C18H22N4O3S/c1-21-16(19-20-18(21)26-10-11-4-5-11)14-3-2-8-22(14)17(25)13-7-6-12(23)9-15(13)24/h6-7,9,11,14,23-24H,2-5,8,10H2,1H3. The number of hydrogen-bond acceptors (Lipinski definition) is 6. The topological polar surface area (TPSA) is 91.5 Å². The Morgan fingerprint density at radius 2 is 2.08 bits per heavy atom. The molecule has 1 aliphatic carbocycles. The normalized spacial score (nSPS) is 19.9. The number of hydrogen-bond donors (Lipinski definition) is 2. The first-order chi connectivity index (χ1) is 12.5. The Morgan fingerprint density at radius 1 is 1.27 bits per heavy atom. The molecular formula is C18H22N4O3S. The van der Waals surface area contributed by atoms with E-state index in [1.807, 2.05) is 11.6 Å². The van der Waals surface area contributed by atoms with Crippen molar-refractivity contribution >= 4 is 17.7 Å². The maximum atomic E-state index is 12.9. The number of carbonyl (C=O) groups is 1. The van der Waals surface area contributed by atoms with E-state index >= 15 is 0 Å². The number of aromatic nitrogens is 3. The summed E-state index contributed by atoms with van der Waals surface area (Å²) in [5, 5.41) is 29.0. The predicted octanol–water partition coefficient (Wildman–Crippen LogP) is 2.71. The second kappa shape index (κ2) is 6.83. The molecule has 1 aliphatic heterocycles. The summed E-state index contributed by atoms with van der Waals surface area (Å²) in [6, 6.07) is 3.90. The number of benzene rings is 1. The quantitative estimate of drug-likeness (QED) is 0.782. The van der Waals surface area contributed by atoms with Gasteiger partial charge in [-0.05, 0) is 43.7 Å². The lowest BCUT2D eigenvalue weighted by molar-refractivity contribution is 0.0724. The lowest BCUT2D eigenvalue weighted by atomic mass is 10.1. The first-order valence-corrected chi connectivity index (χ1v) is 9.88. The zero-order valence-electron chi connectivity index (χ0n) is 14.6. The number of thioether (sulfide) groups is 1. The fourth-order valence-corrected chi connectivity index (χ4v) is 4.46. The summed E-state index contributed by atoms with van der Waals surface area (Å²) in [7, 11) is 1.95. The lowest BCUT2D eigenvalue weighted by Gasteiger charge is -2.24. The second-order valence-electron chi connectivity index (χ2n) is 7.01. The maximum Gasteiger partial charge on any atom is 0.258 e. The summed E-state index contributed by atoms with van der Waals surface area (Å²) in [4.78, 5) is 14.7. The largest absolute Gasteiger partial charge is 0.508 e. The molecule has 1 saturated heterocycles. The number of rotatable bonds is 5. The minimum atomic E-state index is -0.250. The van der Waals surface area contributed by atoms with Crippen LogP contribution in [0.25, 0.3) is 0 Å². The molecule has 2 heterocycles. The average Bonchev–Trinajstić information content (AvgIpc) is 3.19. The van der Waals surface area contributed by atoms with Crippen LogP contribution >= 0.6 is 11.8 Å². The van der Waals surface area contributed by atoms with Crippen molar-refractivity contribution in [2.75, 3.05) is 12.3 Å². The molecule has 0 spiro atoms. The van der Waals surface area contributed by atoms with Crippen molar-refractivity contribution in [3.8, 4) is 11.5 Å². The summed E-state index contributed by atoms with van der Waals surface area (Å²) in [6.07, 6.45) is 4.31. The van der Waals surface area contributed by atoms with E-state index < -0.39 is 0 Å². The van der Waals surface area contributed by atoms with Crippen molar-refractivity contribution in [2.24, 2.45) is 13.0 Å². The molecule has 2 aromatic rings. The number of aromatic hydroxyl groups is 2. The number of likely N-dealkylation sites (tertiary alicyclic amines) is 1. The molecule has 1 amide bonds. The molecule has 8 heteroatoms. The Labute approximate surface area is 156 Å². The molecule has 1 aromatic heterocycles. The van der Waals surface area contributed by atoms with Crippen LogP contribution in [-0.2, 0) is 7.05 Å². The molecular weight excluding hydrogens is 352 g/mol. The van der Waals surface area contributed by atoms with Gasteiger partial charge in [0.15, 0.2) is 11.0 Å². The van der Waals surface area contributed by atoms with Gasteiger partial charge >= 0.3 is 0 Å². The fourth-order valence-electron chi connectivity index (χ4n) is 3.35. The highest BCUT2D eigenvalue weighted by Crippen LogP contribution is 2.37. The van der Waals surface area contributed by atoms with Gasteiger partial charge in [0.2, 0.25) is 0 Å². The third-order valence-electron chi connectivity index (χ3n) is 5.04. The average molecular weight is 374 g/mol. The Hall–Kier alpha value is -2.22. The van der Waals surface area contributed by atoms with Crippen molar-refractivity contribution < 1.29 is 15.0 Å². The van der Waals surface area contributed by atoms with Gasteiger partial charge < -0.3 is 19.7 Å². The molecule has 2 aliphatic rings. The molecule has 138 valence electrons. The molecule has 1 atom stereocenters. The third kappa shape index (κ3) is 3.25. The van der Waals surface area contributed by atoms with E-state index in [9.17, 15) is 15.0 Å². The summed E-state index contributed by atoms with van der Waals surface area (Å²) in [6.45, 7) is 0.612. The van der Waals surface area contributed by atoms with Crippen LogP contribution in [0.3, 0.4) is 0 Å². The highest BCUT2D eigenvalue weighted by atomic mass is 32.2. The smallest absolute Gasteiger partial charge is 0.258 e. The number of amides is 1. The summed E-state index contributed by atoms with van der Waals surface area (Å²) in [5.74, 6) is 2.14. The minimum absolute atomic E-state index is 0.0670. The molecule has 2 fully saturated rings. The molecule has 1 saturated carbocycles. The number of phenols is 2. The van der Waals surface area contributed by atoms with Crippen LogP contribution in [-0.4, -0.2) is 48.1 Å². The zero-order valence-corrected chi connectivity index (χ0v) is 15.4. The van der Waals surface area contributed by atoms with Crippen molar-refractivity contribution in [3.05, 3.63) is 29.6 Å². The van der Waals surface area contributed by atoms with Crippen LogP contribution in [0.1, 0.15) is 47.9 Å². The fraction of sp³-hybridized carbons (Fsp3) is 0.500. The van der Waals surface area contributed by atoms with Crippen LogP contribution in [0.5, 0.6) is 11.5 Å². The van der Waals surface area contributed by atoms with E-state index in [2.05, 4.69) is 10.2 Å². The second-order valence-corrected chi connectivity index (χ2v) is 8.00. The predicted molar refractivity (Wildman–Crippen MR) is 97.2 cm³/mol.